The van der Waals surface area contributed by atoms with E-state index in [-0.39, 0.29) is 6.10 Å². The number of β-amino-alcohol motifs (C(OH)–C–C–N with tert-alkyl or cyclic N) is 1. The van der Waals surface area contributed by atoms with Crippen molar-refractivity contribution < 1.29 is 15.0 Å². The van der Waals surface area contributed by atoms with E-state index in [0.717, 1.165) is 0 Å². The maximum atomic E-state index is 10.8. The third-order valence-electron chi connectivity index (χ3n) is 2.48. The van der Waals surface area contributed by atoms with Gasteiger partial charge in [0.05, 0.1) is 6.10 Å². The Balaban J connectivity index is 2.63. The highest BCUT2D eigenvalue weighted by atomic mass is 16.4. The molecule has 1 rings (SSSR count). The standard InChI is InChI=1S/C8H15NO3/c1-8(2,7(11)12)9-4-3-6(10)5-9/h6,10H,3-5H2,1-2H3,(H,11,12)/t6-/m0/s1. The van der Waals surface area contributed by atoms with E-state index in [1.807, 2.05) is 0 Å². The smallest absolute Gasteiger partial charge is 0.323 e. The van der Waals surface area contributed by atoms with Crippen LogP contribution in [0.15, 0.2) is 0 Å². The number of hydrogen-bond donors (Lipinski definition) is 2. The van der Waals surface area contributed by atoms with Crippen LogP contribution in [0.1, 0.15) is 20.3 Å². The monoisotopic (exact) mass is 173 g/mol. The van der Waals surface area contributed by atoms with E-state index in [0.29, 0.717) is 19.5 Å². The van der Waals surface area contributed by atoms with E-state index >= 15 is 0 Å². The second kappa shape index (κ2) is 3.03. The Hall–Kier alpha value is -0.610. The van der Waals surface area contributed by atoms with Crippen LogP contribution in [0.5, 0.6) is 0 Å². The third-order valence-corrected chi connectivity index (χ3v) is 2.48. The van der Waals surface area contributed by atoms with Crippen molar-refractivity contribution >= 4 is 5.97 Å². The van der Waals surface area contributed by atoms with Gasteiger partial charge in [-0.2, -0.15) is 0 Å². The minimum absolute atomic E-state index is 0.358. The van der Waals surface area contributed by atoms with Crippen LogP contribution in [-0.4, -0.2) is 45.8 Å². The van der Waals surface area contributed by atoms with Gasteiger partial charge in [0.1, 0.15) is 5.54 Å². The number of rotatable bonds is 2. The molecule has 0 amide bonds. The Labute approximate surface area is 71.8 Å². The molecule has 0 aliphatic carbocycles. The normalized spacial score (nSPS) is 26.1. The summed E-state index contributed by atoms with van der Waals surface area (Å²) in [4.78, 5) is 12.6. The van der Waals surface area contributed by atoms with Crippen molar-refractivity contribution in [1.29, 1.82) is 0 Å². The van der Waals surface area contributed by atoms with Gasteiger partial charge in [0, 0.05) is 13.1 Å². The van der Waals surface area contributed by atoms with E-state index in [2.05, 4.69) is 0 Å². The number of aliphatic hydroxyl groups excluding tert-OH is 1. The lowest BCUT2D eigenvalue weighted by atomic mass is 10.0. The lowest BCUT2D eigenvalue weighted by molar-refractivity contribution is -0.148. The lowest BCUT2D eigenvalue weighted by Crippen LogP contribution is -2.49. The molecule has 4 heteroatoms. The molecule has 0 saturated carbocycles. The molecule has 0 aromatic rings. The Morgan fingerprint density at radius 3 is 2.50 bits per heavy atom. The van der Waals surface area contributed by atoms with E-state index in [1.165, 1.54) is 0 Å². The summed E-state index contributed by atoms with van der Waals surface area (Å²) in [5, 5.41) is 18.1. The first-order valence-electron chi connectivity index (χ1n) is 4.11. The molecule has 0 spiro atoms. The molecule has 70 valence electrons. The average Bonchev–Trinajstić information content (AvgIpc) is 2.35. The molecular formula is C8H15NO3. The molecule has 0 radical (unpaired) electrons. The van der Waals surface area contributed by atoms with Crippen molar-refractivity contribution in [2.24, 2.45) is 0 Å². The topological polar surface area (TPSA) is 60.8 Å². The Kier molecular flexibility index (Phi) is 2.39. The number of hydrogen-bond acceptors (Lipinski definition) is 3. The first kappa shape index (κ1) is 9.48. The molecule has 1 heterocycles. The number of nitrogens with zero attached hydrogens (tertiary/aromatic N) is 1. The lowest BCUT2D eigenvalue weighted by Gasteiger charge is -2.30. The largest absolute Gasteiger partial charge is 0.480 e. The van der Waals surface area contributed by atoms with Crippen molar-refractivity contribution in [2.75, 3.05) is 13.1 Å². The molecule has 1 aliphatic heterocycles. The van der Waals surface area contributed by atoms with Crippen molar-refractivity contribution in [2.45, 2.75) is 31.9 Å². The molecule has 0 aromatic carbocycles. The number of aliphatic hydroxyl groups is 1. The van der Waals surface area contributed by atoms with Gasteiger partial charge in [-0.25, -0.2) is 0 Å². The maximum absolute atomic E-state index is 10.8. The second-order valence-electron chi connectivity index (χ2n) is 3.75. The minimum Gasteiger partial charge on any atom is -0.480 e. The predicted octanol–water partition coefficient (Wildman–Crippen LogP) is -0.0838. The Bertz CT molecular complexity index is 191. The molecular weight excluding hydrogens is 158 g/mol. The first-order valence-corrected chi connectivity index (χ1v) is 4.11. The van der Waals surface area contributed by atoms with Crippen molar-refractivity contribution in [3.8, 4) is 0 Å². The number of likely N-dealkylation sites (tertiary alicyclic amines) is 1. The summed E-state index contributed by atoms with van der Waals surface area (Å²) in [6.07, 6.45) is 0.320. The summed E-state index contributed by atoms with van der Waals surface area (Å²) in [7, 11) is 0. The van der Waals surface area contributed by atoms with Crippen molar-refractivity contribution in [1.82, 2.24) is 4.90 Å². The molecule has 1 saturated heterocycles. The van der Waals surface area contributed by atoms with Crippen LogP contribution < -0.4 is 0 Å². The maximum Gasteiger partial charge on any atom is 0.323 e. The zero-order valence-corrected chi connectivity index (χ0v) is 7.45. The summed E-state index contributed by atoms with van der Waals surface area (Å²) in [5.74, 6) is -0.836. The molecule has 0 unspecified atom stereocenters. The van der Waals surface area contributed by atoms with Crippen LogP contribution in [0.3, 0.4) is 0 Å². The quantitative estimate of drug-likeness (QED) is 0.613. The third kappa shape index (κ3) is 1.59. The van der Waals surface area contributed by atoms with Crippen LogP contribution in [0.2, 0.25) is 0 Å². The van der Waals surface area contributed by atoms with Gasteiger partial charge in [0.2, 0.25) is 0 Å². The predicted molar refractivity (Wildman–Crippen MR) is 43.9 cm³/mol. The minimum atomic E-state index is -0.850. The fourth-order valence-corrected chi connectivity index (χ4v) is 1.38. The van der Waals surface area contributed by atoms with E-state index in [9.17, 15) is 9.90 Å². The molecule has 1 aliphatic rings. The summed E-state index contributed by atoms with van der Waals surface area (Å²) in [5.41, 5.74) is -0.850. The van der Waals surface area contributed by atoms with Gasteiger partial charge < -0.3 is 10.2 Å². The Morgan fingerprint density at radius 1 is 1.58 bits per heavy atom. The van der Waals surface area contributed by atoms with Crippen LogP contribution in [-0.2, 0) is 4.79 Å². The summed E-state index contributed by atoms with van der Waals surface area (Å²) < 4.78 is 0. The van der Waals surface area contributed by atoms with Gasteiger partial charge in [-0.15, -0.1) is 0 Å². The fraction of sp³-hybridized carbons (Fsp3) is 0.875. The van der Waals surface area contributed by atoms with Crippen LogP contribution in [0.4, 0.5) is 0 Å². The highest BCUT2D eigenvalue weighted by molar-refractivity contribution is 5.77. The molecule has 12 heavy (non-hydrogen) atoms. The number of carboxylic acids is 1. The SMILES string of the molecule is CC(C)(C(=O)O)N1CC[C@H](O)C1. The fourth-order valence-electron chi connectivity index (χ4n) is 1.38. The summed E-state index contributed by atoms with van der Waals surface area (Å²) in [6, 6.07) is 0. The molecule has 1 atom stereocenters. The van der Waals surface area contributed by atoms with Crippen molar-refractivity contribution in [3.63, 3.8) is 0 Å². The van der Waals surface area contributed by atoms with Crippen molar-refractivity contribution in [3.05, 3.63) is 0 Å². The molecule has 0 bridgehead atoms. The van der Waals surface area contributed by atoms with Gasteiger partial charge in [-0.3, -0.25) is 9.69 Å². The Morgan fingerprint density at radius 2 is 2.17 bits per heavy atom. The zero-order valence-electron chi connectivity index (χ0n) is 7.45. The molecule has 2 N–H and O–H groups in total. The molecule has 4 nitrogen and oxygen atoms in total. The highest BCUT2D eigenvalue weighted by Crippen LogP contribution is 2.21. The van der Waals surface area contributed by atoms with Gasteiger partial charge >= 0.3 is 5.97 Å². The van der Waals surface area contributed by atoms with E-state index in [1.54, 1.807) is 18.7 Å². The average molecular weight is 173 g/mol. The van der Waals surface area contributed by atoms with Gasteiger partial charge in [0.25, 0.3) is 0 Å². The molecule has 1 fully saturated rings. The van der Waals surface area contributed by atoms with E-state index in [4.69, 9.17) is 5.11 Å². The molecule has 0 aromatic heterocycles. The van der Waals surface area contributed by atoms with Gasteiger partial charge in [0.15, 0.2) is 0 Å². The summed E-state index contributed by atoms with van der Waals surface area (Å²) >= 11 is 0. The van der Waals surface area contributed by atoms with Crippen LogP contribution in [0.25, 0.3) is 0 Å². The highest BCUT2D eigenvalue weighted by Gasteiger charge is 2.38. The summed E-state index contributed by atoms with van der Waals surface area (Å²) in [6.45, 7) is 4.46. The second-order valence-corrected chi connectivity index (χ2v) is 3.75. The van der Waals surface area contributed by atoms with Gasteiger partial charge in [-0.05, 0) is 20.3 Å². The number of carbonyl (C=O) groups is 1. The van der Waals surface area contributed by atoms with Gasteiger partial charge in [-0.1, -0.05) is 0 Å². The number of carboxylic acid groups (broad SMARTS) is 1. The van der Waals surface area contributed by atoms with E-state index < -0.39 is 11.5 Å². The van der Waals surface area contributed by atoms with Crippen LogP contribution >= 0.6 is 0 Å². The number of aliphatic carboxylic acids is 1. The zero-order chi connectivity index (χ0) is 9.35. The van der Waals surface area contributed by atoms with Crippen LogP contribution in [0, 0.1) is 0 Å². The first-order chi connectivity index (χ1) is 5.44.